The van der Waals surface area contributed by atoms with E-state index in [1.54, 1.807) is 0 Å². The van der Waals surface area contributed by atoms with Crippen molar-refractivity contribution >= 4 is 32.6 Å². The molecule has 0 atom stereocenters. The number of carbonyl (C=O) groups is 1. The van der Waals surface area contributed by atoms with E-state index in [9.17, 15) is 18.0 Å². The average molecular weight is 378 g/mol. The Morgan fingerprint density at radius 2 is 1.77 bits per heavy atom. The van der Waals surface area contributed by atoms with E-state index in [1.807, 2.05) is 38.1 Å². The summed E-state index contributed by atoms with van der Waals surface area (Å²) in [6, 6.07) is 11.8. The number of hydrogen-bond donors (Lipinski definition) is 0. The Morgan fingerprint density at radius 3 is 2.35 bits per heavy atom. The second-order valence-electron chi connectivity index (χ2n) is 6.35. The SMILES string of the molecule is CC(C)CN(C(=O)c1ccc(C(F)(F)F)cc1)c1nc2ccccc2s1. The summed E-state index contributed by atoms with van der Waals surface area (Å²) in [5.41, 5.74) is 0.226. The molecule has 0 bridgehead atoms. The molecule has 7 heteroatoms. The number of halogens is 3. The van der Waals surface area contributed by atoms with Gasteiger partial charge in [0.15, 0.2) is 5.13 Å². The zero-order valence-electron chi connectivity index (χ0n) is 14.2. The number of nitrogens with zero attached hydrogens (tertiary/aromatic N) is 2. The van der Waals surface area contributed by atoms with Crippen molar-refractivity contribution in [1.82, 2.24) is 4.98 Å². The van der Waals surface area contributed by atoms with Gasteiger partial charge in [0.1, 0.15) is 0 Å². The minimum atomic E-state index is -4.42. The highest BCUT2D eigenvalue weighted by atomic mass is 32.1. The molecule has 0 aliphatic rings. The van der Waals surface area contributed by atoms with Gasteiger partial charge in [-0.1, -0.05) is 37.3 Å². The van der Waals surface area contributed by atoms with Gasteiger partial charge in [0.25, 0.3) is 5.91 Å². The van der Waals surface area contributed by atoms with Gasteiger partial charge in [0.05, 0.1) is 15.8 Å². The van der Waals surface area contributed by atoms with Crippen molar-refractivity contribution < 1.29 is 18.0 Å². The lowest BCUT2D eigenvalue weighted by atomic mass is 10.1. The van der Waals surface area contributed by atoms with Crippen LogP contribution in [0.5, 0.6) is 0 Å². The predicted octanol–water partition coefficient (Wildman–Crippen LogP) is 5.62. The summed E-state index contributed by atoms with van der Waals surface area (Å²) in [6.07, 6.45) is -4.42. The molecule has 0 aliphatic carbocycles. The highest BCUT2D eigenvalue weighted by Crippen LogP contribution is 2.32. The highest BCUT2D eigenvalue weighted by Gasteiger charge is 2.30. The topological polar surface area (TPSA) is 33.2 Å². The van der Waals surface area contributed by atoms with Crippen molar-refractivity contribution in [3.05, 3.63) is 59.7 Å². The molecule has 26 heavy (non-hydrogen) atoms. The minimum absolute atomic E-state index is 0.181. The summed E-state index contributed by atoms with van der Waals surface area (Å²) in [5, 5.41) is 0.546. The molecule has 0 spiro atoms. The standard InChI is InChI=1S/C19H17F3N2OS/c1-12(2)11-24(18-23-15-5-3-4-6-16(15)26-18)17(25)13-7-9-14(10-8-13)19(20,21)22/h3-10,12H,11H2,1-2H3. The molecule has 136 valence electrons. The maximum Gasteiger partial charge on any atom is 0.416 e. The molecule has 0 unspecified atom stereocenters. The fraction of sp³-hybridized carbons (Fsp3) is 0.263. The molecule has 1 aromatic heterocycles. The molecule has 1 amide bonds. The molecule has 0 saturated heterocycles. The van der Waals surface area contributed by atoms with E-state index in [1.165, 1.54) is 28.4 Å². The Morgan fingerprint density at radius 1 is 1.12 bits per heavy atom. The zero-order chi connectivity index (χ0) is 18.9. The number of anilines is 1. The maximum absolute atomic E-state index is 12.9. The number of thiazole rings is 1. The third-order valence-electron chi connectivity index (χ3n) is 3.77. The smallest absolute Gasteiger partial charge is 0.284 e. The monoisotopic (exact) mass is 378 g/mol. The molecule has 2 aromatic carbocycles. The number of rotatable bonds is 4. The second-order valence-corrected chi connectivity index (χ2v) is 7.36. The molecule has 3 nitrogen and oxygen atoms in total. The quantitative estimate of drug-likeness (QED) is 0.590. The Hall–Kier alpha value is -2.41. The Labute approximate surface area is 153 Å². The summed E-state index contributed by atoms with van der Waals surface area (Å²) in [4.78, 5) is 19.0. The number of para-hydroxylation sites is 1. The molecular formula is C19H17F3N2OS. The van der Waals surface area contributed by atoms with Crippen LogP contribution in [-0.4, -0.2) is 17.4 Å². The van der Waals surface area contributed by atoms with Crippen LogP contribution >= 0.6 is 11.3 Å². The molecule has 1 heterocycles. The lowest BCUT2D eigenvalue weighted by Crippen LogP contribution is -2.34. The van der Waals surface area contributed by atoms with E-state index in [4.69, 9.17) is 0 Å². The van der Waals surface area contributed by atoms with Crippen LogP contribution in [0.3, 0.4) is 0 Å². The minimum Gasteiger partial charge on any atom is -0.284 e. The third kappa shape index (κ3) is 3.88. The first kappa shape index (κ1) is 18.4. The van der Waals surface area contributed by atoms with Crippen LogP contribution < -0.4 is 4.90 Å². The van der Waals surface area contributed by atoms with Gasteiger partial charge < -0.3 is 0 Å². The first-order valence-corrected chi connectivity index (χ1v) is 8.92. The first-order valence-electron chi connectivity index (χ1n) is 8.10. The first-order chi connectivity index (χ1) is 12.3. The van der Waals surface area contributed by atoms with Gasteiger partial charge in [-0.15, -0.1) is 0 Å². The molecule has 0 fully saturated rings. The van der Waals surface area contributed by atoms with E-state index in [2.05, 4.69) is 4.98 Å². The van der Waals surface area contributed by atoms with Crippen molar-refractivity contribution in [3.8, 4) is 0 Å². The maximum atomic E-state index is 12.9. The van der Waals surface area contributed by atoms with Crippen LogP contribution in [0.4, 0.5) is 18.3 Å². The van der Waals surface area contributed by atoms with Gasteiger partial charge in [-0.2, -0.15) is 13.2 Å². The number of carbonyl (C=O) groups excluding carboxylic acids is 1. The Bertz CT molecular complexity index is 883. The van der Waals surface area contributed by atoms with Crippen LogP contribution in [0.25, 0.3) is 10.2 Å². The van der Waals surface area contributed by atoms with Crippen molar-refractivity contribution in [1.29, 1.82) is 0 Å². The van der Waals surface area contributed by atoms with E-state index in [-0.39, 0.29) is 17.4 Å². The Balaban J connectivity index is 1.95. The van der Waals surface area contributed by atoms with Gasteiger partial charge in [-0.3, -0.25) is 9.69 Å². The van der Waals surface area contributed by atoms with E-state index < -0.39 is 11.7 Å². The summed E-state index contributed by atoms with van der Waals surface area (Å²) in [6.45, 7) is 4.38. The van der Waals surface area contributed by atoms with Crippen molar-refractivity contribution in [2.45, 2.75) is 20.0 Å². The third-order valence-corrected chi connectivity index (χ3v) is 4.82. The van der Waals surface area contributed by atoms with Crippen molar-refractivity contribution in [2.24, 2.45) is 5.92 Å². The molecule has 3 rings (SSSR count). The van der Waals surface area contributed by atoms with Gasteiger partial charge in [-0.25, -0.2) is 4.98 Å². The van der Waals surface area contributed by atoms with Crippen molar-refractivity contribution in [2.75, 3.05) is 11.4 Å². The van der Waals surface area contributed by atoms with Crippen LogP contribution in [0.15, 0.2) is 48.5 Å². The average Bonchev–Trinajstić information content (AvgIpc) is 3.02. The molecule has 0 aliphatic heterocycles. The molecular weight excluding hydrogens is 361 g/mol. The number of aromatic nitrogens is 1. The van der Waals surface area contributed by atoms with Crippen LogP contribution in [0.1, 0.15) is 29.8 Å². The fourth-order valence-electron chi connectivity index (χ4n) is 2.55. The predicted molar refractivity (Wildman–Crippen MR) is 97.6 cm³/mol. The molecule has 0 saturated carbocycles. The number of hydrogen-bond acceptors (Lipinski definition) is 3. The summed E-state index contributed by atoms with van der Waals surface area (Å²) >= 11 is 1.39. The Kier molecular flexibility index (Phi) is 5.00. The fourth-order valence-corrected chi connectivity index (χ4v) is 3.52. The van der Waals surface area contributed by atoms with Gasteiger partial charge in [0, 0.05) is 12.1 Å². The summed E-state index contributed by atoms with van der Waals surface area (Å²) in [7, 11) is 0. The van der Waals surface area contributed by atoms with Crippen LogP contribution in [-0.2, 0) is 6.18 Å². The van der Waals surface area contributed by atoms with Gasteiger partial charge in [-0.05, 0) is 42.3 Å². The largest absolute Gasteiger partial charge is 0.416 e. The lowest BCUT2D eigenvalue weighted by Gasteiger charge is -2.22. The number of fused-ring (bicyclic) bond motifs is 1. The van der Waals surface area contributed by atoms with E-state index in [0.717, 1.165) is 22.3 Å². The normalized spacial score (nSPS) is 11.9. The molecule has 0 N–H and O–H groups in total. The second kappa shape index (κ2) is 7.07. The number of alkyl halides is 3. The van der Waals surface area contributed by atoms with E-state index in [0.29, 0.717) is 11.7 Å². The highest BCUT2D eigenvalue weighted by molar-refractivity contribution is 7.22. The van der Waals surface area contributed by atoms with Crippen LogP contribution in [0, 0.1) is 5.92 Å². The van der Waals surface area contributed by atoms with Crippen LogP contribution in [0.2, 0.25) is 0 Å². The number of amides is 1. The summed E-state index contributed by atoms with van der Waals surface area (Å²) < 4.78 is 39.1. The van der Waals surface area contributed by atoms with Gasteiger partial charge in [0.2, 0.25) is 0 Å². The zero-order valence-corrected chi connectivity index (χ0v) is 15.1. The molecule has 3 aromatic rings. The van der Waals surface area contributed by atoms with Gasteiger partial charge >= 0.3 is 6.18 Å². The van der Waals surface area contributed by atoms with E-state index >= 15 is 0 Å². The lowest BCUT2D eigenvalue weighted by molar-refractivity contribution is -0.137. The van der Waals surface area contributed by atoms with Crippen molar-refractivity contribution in [3.63, 3.8) is 0 Å². The molecule has 0 radical (unpaired) electrons. The summed E-state index contributed by atoms with van der Waals surface area (Å²) in [5.74, 6) is -0.174. The number of benzene rings is 2.